The van der Waals surface area contributed by atoms with Gasteiger partial charge in [-0.05, 0) is 25.3 Å². The highest BCUT2D eigenvalue weighted by Gasteiger charge is 2.34. The molecule has 0 N–H and O–H groups in total. The van der Waals surface area contributed by atoms with Gasteiger partial charge in [-0.3, -0.25) is 0 Å². The first kappa shape index (κ1) is 11.6. The summed E-state index contributed by atoms with van der Waals surface area (Å²) in [6, 6.07) is 8.76. The lowest BCUT2D eigenvalue weighted by Crippen LogP contribution is -2.27. The van der Waals surface area contributed by atoms with Crippen LogP contribution in [0.15, 0.2) is 24.3 Å². The minimum atomic E-state index is 0.202. The van der Waals surface area contributed by atoms with Gasteiger partial charge < -0.3 is 0 Å². The summed E-state index contributed by atoms with van der Waals surface area (Å²) in [6.45, 7) is 6.12. The highest BCUT2D eigenvalue weighted by molar-refractivity contribution is 7.81. The Morgan fingerprint density at radius 3 is 1.93 bits per heavy atom. The fourth-order valence-corrected chi connectivity index (χ4v) is 2.13. The first-order valence-corrected chi connectivity index (χ1v) is 5.95. The van der Waals surface area contributed by atoms with E-state index in [-0.39, 0.29) is 4.75 Å². The third-order valence-corrected chi connectivity index (χ3v) is 3.48. The largest absolute Gasteiger partial charge is 0.168 e. The van der Waals surface area contributed by atoms with E-state index < -0.39 is 0 Å². The van der Waals surface area contributed by atoms with Crippen molar-refractivity contribution < 1.29 is 0 Å². The Labute approximate surface area is 93.1 Å². The van der Waals surface area contributed by atoms with Crippen LogP contribution in [0.1, 0.15) is 44.2 Å². The van der Waals surface area contributed by atoms with Crippen LogP contribution in [0.2, 0.25) is 0 Å². The number of rotatable bonds is 1. The summed E-state index contributed by atoms with van der Waals surface area (Å²) in [6.07, 6.45) is 3.80. The lowest BCUT2D eigenvalue weighted by molar-refractivity contribution is 0.376. The monoisotopic (exact) mass is 208 g/mol. The van der Waals surface area contributed by atoms with Crippen molar-refractivity contribution in [1.29, 1.82) is 0 Å². The van der Waals surface area contributed by atoms with E-state index in [0.717, 1.165) is 0 Å². The highest BCUT2D eigenvalue weighted by Crippen LogP contribution is 2.46. The summed E-state index contributed by atoms with van der Waals surface area (Å²) in [5.41, 5.74) is 2.72. The van der Waals surface area contributed by atoms with E-state index >= 15 is 0 Å². The molecule has 1 saturated carbocycles. The molecule has 14 heavy (non-hydrogen) atoms. The Hall–Kier alpha value is -0.430. The number of thiol groups is 1. The van der Waals surface area contributed by atoms with Crippen molar-refractivity contribution in [2.45, 2.75) is 44.8 Å². The second-order valence-electron chi connectivity index (χ2n) is 3.75. The van der Waals surface area contributed by atoms with E-state index in [4.69, 9.17) is 12.6 Å². The molecule has 0 atom stereocenters. The van der Waals surface area contributed by atoms with Crippen LogP contribution in [-0.2, 0) is 4.75 Å². The molecular weight excluding hydrogens is 188 g/mol. The molecule has 0 spiro atoms. The van der Waals surface area contributed by atoms with Gasteiger partial charge in [0.1, 0.15) is 0 Å². The smallest absolute Gasteiger partial charge is 0.0378 e. The first-order chi connectivity index (χ1) is 6.71. The van der Waals surface area contributed by atoms with Gasteiger partial charge in [0.2, 0.25) is 0 Å². The Bertz CT molecular complexity index is 270. The van der Waals surface area contributed by atoms with Crippen LogP contribution in [0.4, 0.5) is 0 Å². The van der Waals surface area contributed by atoms with Gasteiger partial charge in [-0.15, -0.1) is 0 Å². The number of benzene rings is 1. The van der Waals surface area contributed by atoms with Crippen molar-refractivity contribution in [3.8, 4) is 0 Å². The Morgan fingerprint density at radius 1 is 1.07 bits per heavy atom. The van der Waals surface area contributed by atoms with Crippen LogP contribution >= 0.6 is 12.6 Å². The quantitative estimate of drug-likeness (QED) is 0.652. The van der Waals surface area contributed by atoms with Crippen LogP contribution in [0, 0.1) is 6.92 Å². The molecule has 1 fully saturated rings. The Morgan fingerprint density at radius 2 is 1.57 bits per heavy atom. The molecule has 0 amide bonds. The molecule has 1 aromatic carbocycles. The molecule has 0 saturated heterocycles. The standard InChI is InChI=1S/C11H14S.C2H6/c1-9-3-5-10(6-4-9)11(12)7-2-8-11;1-2/h3-6,12H,2,7-8H2,1H3;1-2H3. The van der Waals surface area contributed by atoms with Crippen molar-refractivity contribution in [3.63, 3.8) is 0 Å². The van der Waals surface area contributed by atoms with Gasteiger partial charge >= 0.3 is 0 Å². The van der Waals surface area contributed by atoms with Gasteiger partial charge in [-0.25, -0.2) is 0 Å². The van der Waals surface area contributed by atoms with E-state index in [0.29, 0.717) is 0 Å². The summed E-state index contributed by atoms with van der Waals surface area (Å²) < 4.78 is 0.202. The van der Waals surface area contributed by atoms with Crippen molar-refractivity contribution in [2.24, 2.45) is 0 Å². The van der Waals surface area contributed by atoms with E-state index in [2.05, 4.69) is 31.2 Å². The predicted octanol–water partition coefficient (Wildman–Crippen LogP) is 4.33. The van der Waals surface area contributed by atoms with Crippen molar-refractivity contribution in [3.05, 3.63) is 35.4 Å². The molecule has 0 aromatic heterocycles. The summed E-state index contributed by atoms with van der Waals surface area (Å²) in [5.74, 6) is 0. The maximum absolute atomic E-state index is 4.70. The maximum atomic E-state index is 4.70. The predicted molar refractivity (Wildman–Crippen MR) is 67.0 cm³/mol. The Kier molecular flexibility index (Phi) is 4.06. The zero-order valence-corrected chi connectivity index (χ0v) is 10.3. The number of aryl methyl sites for hydroxylation is 1. The molecule has 2 rings (SSSR count). The third kappa shape index (κ3) is 2.33. The van der Waals surface area contributed by atoms with Gasteiger partial charge in [-0.2, -0.15) is 12.6 Å². The Balaban J connectivity index is 0.000000461. The molecule has 1 aromatic rings. The molecule has 0 aliphatic heterocycles. The van der Waals surface area contributed by atoms with E-state index in [1.807, 2.05) is 13.8 Å². The molecule has 0 unspecified atom stereocenters. The van der Waals surface area contributed by atoms with Crippen molar-refractivity contribution in [2.75, 3.05) is 0 Å². The van der Waals surface area contributed by atoms with Crippen LogP contribution in [0.5, 0.6) is 0 Å². The molecule has 1 aliphatic rings. The van der Waals surface area contributed by atoms with Gasteiger partial charge in [0.15, 0.2) is 0 Å². The van der Waals surface area contributed by atoms with Crippen LogP contribution in [-0.4, -0.2) is 0 Å². The molecule has 78 valence electrons. The van der Waals surface area contributed by atoms with Gasteiger partial charge in [-0.1, -0.05) is 50.1 Å². The molecule has 0 bridgehead atoms. The lowest BCUT2D eigenvalue weighted by Gasteiger charge is -2.37. The minimum absolute atomic E-state index is 0.202. The average Bonchev–Trinajstić information content (AvgIpc) is 2.19. The summed E-state index contributed by atoms with van der Waals surface area (Å²) >= 11 is 4.70. The summed E-state index contributed by atoms with van der Waals surface area (Å²) in [5, 5.41) is 0. The van der Waals surface area contributed by atoms with Crippen LogP contribution in [0.25, 0.3) is 0 Å². The van der Waals surface area contributed by atoms with Gasteiger partial charge in [0.25, 0.3) is 0 Å². The number of hydrogen-bond donors (Lipinski definition) is 1. The first-order valence-electron chi connectivity index (χ1n) is 5.50. The highest BCUT2D eigenvalue weighted by atomic mass is 32.1. The molecular formula is C13H20S. The zero-order valence-electron chi connectivity index (χ0n) is 9.38. The molecule has 0 radical (unpaired) electrons. The molecule has 1 aliphatic carbocycles. The topological polar surface area (TPSA) is 0 Å². The number of hydrogen-bond acceptors (Lipinski definition) is 1. The normalized spacial score (nSPS) is 17.7. The summed E-state index contributed by atoms with van der Waals surface area (Å²) in [7, 11) is 0. The van der Waals surface area contributed by atoms with Gasteiger partial charge in [0, 0.05) is 4.75 Å². The van der Waals surface area contributed by atoms with Crippen molar-refractivity contribution >= 4 is 12.6 Å². The van der Waals surface area contributed by atoms with Crippen LogP contribution in [0.3, 0.4) is 0 Å². The second-order valence-corrected chi connectivity index (χ2v) is 4.61. The average molecular weight is 208 g/mol. The minimum Gasteiger partial charge on any atom is -0.168 e. The molecule has 1 heteroatoms. The third-order valence-electron chi connectivity index (χ3n) is 2.77. The van der Waals surface area contributed by atoms with Crippen LogP contribution < -0.4 is 0 Å². The van der Waals surface area contributed by atoms with E-state index in [1.165, 1.54) is 30.4 Å². The van der Waals surface area contributed by atoms with Crippen molar-refractivity contribution in [1.82, 2.24) is 0 Å². The van der Waals surface area contributed by atoms with E-state index in [9.17, 15) is 0 Å². The summed E-state index contributed by atoms with van der Waals surface area (Å²) in [4.78, 5) is 0. The van der Waals surface area contributed by atoms with E-state index in [1.54, 1.807) is 0 Å². The fourth-order valence-electron chi connectivity index (χ4n) is 1.66. The van der Waals surface area contributed by atoms with Gasteiger partial charge in [0.05, 0.1) is 0 Å². The fraction of sp³-hybridized carbons (Fsp3) is 0.538. The second kappa shape index (κ2) is 4.88. The molecule has 0 heterocycles. The zero-order chi connectivity index (χ0) is 10.6. The maximum Gasteiger partial charge on any atom is 0.0378 e. The lowest BCUT2D eigenvalue weighted by atomic mass is 9.79. The SMILES string of the molecule is CC.Cc1ccc(C2(S)CCC2)cc1. The molecule has 0 nitrogen and oxygen atoms in total.